The van der Waals surface area contributed by atoms with Gasteiger partial charge in [0.2, 0.25) is 0 Å². The molecule has 0 saturated heterocycles. The van der Waals surface area contributed by atoms with Crippen LogP contribution >= 0.6 is 11.6 Å². The number of anilines is 1. The minimum atomic E-state index is -0.664. The molecule has 0 aliphatic carbocycles. The van der Waals surface area contributed by atoms with Crippen molar-refractivity contribution in [3.63, 3.8) is 0 Å². The van der Waals surface area contributed by atoms with Gasteiger partial charge in [-0.3, -0.25) is 4.79 Å². The number of hydrogen-bond donors (Lipinski definition) is 1. The molecule has 3 rings (SSSR count). The van der Waals surface area contributed by atoms with Gasteiger partial charge in [0, 0.05) is 23.6 Å². The summed E-state index contributed by atoms with van der Waals surface area (Å²) in [7, 11) is 1.47. The highest BCUT2D eigenvalue weighted by atomic mass is 35.5. The summed E-state index contributed by atoms with van der Waals surface area (Å²) in [6.07, 6.45) is 4.71. The number of carbonyl (C=O) groups is 2. The van der Waals surface area contributed by atoms with Crippen molar-refractivity contribution in [3.05, 3.63) is 65.6 Å². The summed E-state index contributed by atoms with van der Waals surface area (Å²) < 4.78 is 11.7. The highest BCUT2D eigenvalue weighted by Gasteiger charge is 2.13. The quantitative estimate of drug-likeness (QED) is 0.654. The van der Waals surface area contributed by atoms with E-state index in [1.165, 1.54) is 19.4 Å². The predicted octanol–water partition coefficient (Wildman–Crippen LogP) is 2.72. The highest BCUT2D eigenvalue weighted by Crippen LogP contribution is 2.27. The van der Waals surface area contributed by atoms with Crippen molar-refractivity contribution in [3.8, 4) is 11.6 Å². The van der Waals surface area contributed by atoms with Gasteiger partial charge in [-0.1, -0.05) is 11.6 Å². The van der Waals surface area contributed by atoms with Gasteiger partial charge in [-0.2, -0.15) is 5.10 Å². The van der Waals surface area contributed by atoms with Gasteiger partial charge >= 0.3 is 5.97 Å². The first-order chi connectivity index (χ1) is 13.1. The Morgan fingerprint density at radius 1 is 1.26 bits per heavy atom. The summed E-state index contributed by atoms with van der Waals surface area (Å²) in [5.74, 6) is -0.187. The minimum absolute atomic E-state index is 0.221. The number of halogens is 1. The van der Waals surface area contributed by atoms with Crippen LogP contribution in [0.2, 0.25) is 5.02 Å². The third-order valence-corrected chi connectivity index (χ3v) is 3.73. The number of aromatic nitrogens is 3. The molecule has 27 heavy (non-hydrogen) atoms. The van der Waals surface area contributed by atoms with E-state index in [4.69, 9.17) is 21.1 Å². The molecule has 0 atom stereocenters. The van der Waals surface area contributed by atoms with E-state index >= 15 is 0 Å². The van der Waals surface area contributed by atoms with Crippen LogP contribution in [-0.4, -0.2) is 40.4 Å². The topological polar surface area (TPSA) is 95.3 Å². The zero-order chi connectivity index (χ0) is 19.2. The lowest BCUT2D eigenvalue weighted by molar-refractivity contribution is -0.119. The van der Waals surface area contributed by atoms with Crippen molar-refractivity contribution in [1.29, 1.82) is 0 Å². The van der Waals surface area contributed by atoms with Gasteiger partial charge < -0.3 is 14.8 Å². The monoisotopic (exact) mass is 386 g/mol. The number of pyridine rings is 1. The van der Waals surface area contributed by atoms with Crippen molar-refractivity contribution in [2.45, 2.75) is 0 Å². The molecule has 0 spiro atoms. The second kappa shape index (κ2) is 8.33. The maximum Gasteiger partial charge on any atom is 0.340 e. The summed E-state index contributed by atoms with van der Waals surface area (Å²) in [6, 6.07) is 9.73. The van der Waals surface area contributed by atoms with Crippen LogP contribution in [0.1, 0.15) is 10.4 Å². The summed E-state index contributed by atoms with van der Waals surface area (Å²) >= 11 is 5.91. The van der Waals surface area contributed by atoms with Gasteiger partial charge in [-0.25, -0.2) is 14.5 Å². The predicted molar refractivity (Wildman–Crippen MR) is 98.3 cm³/mol. The average Bonchev–Trinajstić information content (AvgIpc) is 3.21. The number of benzene rings is 1. The highest BCUT2D eigenvalue weighted by molar-refractivity contribution is 6.31. The molecule has 0 unspecified atom stereocenters. The van der Waals surface area contributed by atoms with Crippen LogP contribution < -0.4 is 10.1 Å². The molecule has 0 radical (unpaired) electrons. The van der Waals surface area contributed by atoms with Crippen LogP contribution in [0.15, 0.2) is 55.0 Å². The zero-order valence-electron chi connectivity index (χ0n) is 14.3. The Kier molecular flexibility index (Phi) is 5.68. The smallest absolute Gasteiger partial charge is 0.340 e. The number of amides is 1. The maximum absolute atomic E-state index is 12.1. The largest absolute Gasteiger partial charge is 0.495 e. The van der Waals surface area contributed by atoms with E-state index in [2.05, 4.69) is 15.4 Å². The first-order valence-electron chi connectivity index (χ1n) is 7.83. The number of nitrogens with zero attached hydrogens (tertiary/aromatic N) is 3. The molecule has 3 aromatic rings. The maximum atomic E-state index is 12.1. The Hall–Kier alpha value is -3.39. The lowest BCUT2D eigenvalue weighted by Gasteiger charge is -2.11. The number of carbonyl (C=O) groups excluding carboxylic acids is 2. The van der Waals surface area contributed by atoms with Crippen molar-refractivity contribution in [1.82, 2.24) is 14.8 Å². The Balaban J connectivity index is 1.57. The fraction of sp³-hybridized carbons (Fsp3) is 0.111. The molecular weight excluding hydrogens is 372 g/mol. The van der Waals surface area contributed by atoms with E-state index < -0.39 is 18.5 Å². The second-order valence-corrected chi connectivity index (χ2v) is 5.76. The van der Waals surface area contributed by atoms with Gasteiger partial charge in [0.1, 0.15) is 5.75 Å². The number of esters is 1. The van der Waals surface area contributed by atoms with Gasteiger partial charge in [-0.05, 0) is 36.4 Å². The van der Waals surface area contributed by atoms with Gasteiger partial charge in [0.25, 0.3) is 5.91 Å². The summed E-state index contributed by atoms with van der Waals surface area (Å²) in [5, 5.41) is 7.07. The van der Waals surface area contributed by atoms with Gasteiger partial charge in [0.05, 0.1) is 18.4 Å². The molecule has 138 valence electrons. The molecule has 2 aromatic heterocycles. The Bertz CT molecular complexity index is 943. The first kappa shape index (κ1) is 18.4. The Morgan fingerprint density at radius 3 is 2.78 bits per heavy atom. The molecule has 0 aliphatic rings. The molecule has 1 amide bonds. The fourth-order valence-corrected chi connectivity index (χ4v) is 2.40. The van der Waals surface area contributed by atoms with E-state index in [-0.39, 0.29) is 5.56 Å². The molecule has 0 aliphatic heterocycles. The second-order valence-electron chi connectivity index (χ2n) is 5.32. The SMILES string of the molecule is COc1ccc(Cl)cc1NC(=O)COC(=O)c1ccc(-n2cccn2)nc1. The molecule has 0 saturated carbocycles. The third kappa shape index (κ3) is 4.62. The molecule has 8 nitrogen and oxygen atoms in total. The molecule has 1 N–H and O–H groups in total. The minimum Gasteiger partial charge on any atom is -0.495 e. The van der Waals surface area contributed by atoms with Crippen LogP contribution in [0, 0.1) is 0 Å². The van der Waals surface area contributed by atoms with E-state index in [0.717, 1.165) is 0 Å². The van der Waals surface area contributed by atoms with Gasteiger partial charge in [-0.15, -0.1) is 0 Å². The lowest BCUT2D eigenvalue weighted by atomic mass is 10.3. The normalized spacial score (nSPS) is 10.3. The van der Waals surface area contributed by atoms with Gasteiger partial charge in [0.15, 0.2) is 12.4 Å². The molecule has 0 fully saturated rings. The van der Waals surface area contributed by atoms with E-state index in [1.54, 1.807) is 47.4 Å². The number of nitrogens with one attached hydrogen (secondary N) is 1. The summed E-state index contributed by atoms with van der Waals surface area (Å²) in [5.41, 5.74) is 0.607. The van der Waals surface area contributed by atoms with Crippen LogP contribution in [0.4, 0.5) is 5.69 Å². The van der Waals surface area contributed by atoms with Crippen molar-refractivity contribution >= 4 is 29.2 Å². The average molecular weight is 387 g/mol. The Morgan fingerprint density at radius 2 is 2.11 bits per heavy atom. The fourth-order valence-electron chi connectivity index (χ4n) is 2.23. The first-order valence-corrected chi connectivity index (χ1v) is 8.21. The van der Waals surface area contributed by atoms with Crippen LogP contribution in [0.25, 0.3) is 5.82 Å². The van der Waals surface area contributed by atoms with Crippen LogP contribution in [-0.2, 0) is 9.53 Å². The number of rotatable bonds is 6. The zero-order valence-corrected chi connectivity index (χ0v) is 15.0. The van der Waals surface area contributed by atoms with E-state index in [9.17, 15) is 9.59 Å². The lowest BCUT2D eigenvalue weighted by Crippen LogP contribution is -2.21. The molecule has 0 bridgehead atoms. The van der Waals surface area contributed by atoms with Crippen molar-refractivity contribution in [2.75, 3.05) is 19.0 Å². The van der Waals surface area contributed by atoms with Crippen LogP contribution in [0.3, 0.4) is 0 Å². The summed E-state index contributed by atoms with van der Waals surface area (Å²) in [4.78, 5) is 28.2. The van der Waals surface area contributed by atoms with E-state index in [1.807, 2.05) is 0 Å². The van der Waals surface area contributed by atoms with Crippen molar-refractivity contribution in [2.24, 2.45) is 0 Å². The molecule has 2 heterocycles. The van der Waals surface area contributed by atoms with Crippen LogP contribution in [0.5, 0.6) is 5.75 Å². The third-order valence-electron chi connectivity index (χ3n) is 3.49. The molecular formula is C18H15ClN4O4. The number of ether oxygens (including phenoxy) is 2. The summed E-state index contributed by atoms with van der Waals surface area (Å²) in [6.45, 7) is -0.463. The van der Waals surface area contributed by atoms with E-state index in [0.29, 0.717) is 22.3 Å². The Labute approximate surface area is 159 Å². The molecule has 9 heteroatoms. The standard InChI is InChI=1S/C18H15ClN4O4/c1-26-15-5-4-13(19)9-14(15)22-17(24)11-27-18(25)12-3-6-16(20-10-12)23-8-2-7-21-23/h2-10H,11H2,1H3,(H,22,24). The molecule has 1 aromatic carbocycles. The number of methoxy groups -OCH3 is 1. The number of hydrogen-bond acceptors (Lipinski definition) is 6. The van der Waals surface area contributed by atoms with Crippen molar-refractivity contribution < 1.29 is 19.1 Å².